The molecule has 1 N–H and O–H groups in total. The van der Waals surface area contributed by atoms with Gasteiger partial charge in [-0.3, -0.25) is 0 Å². The highest BCUT2D eigenvalue weighted by Gasteiger charge is 2.25. The first-order valence-corrected chi connectivity index (χ1v) is 8.39. The minimum atomic E-state index is -0.0775. The van der Waals surface area contributed by atoms with Crippen molar-refractivity contribution in [1.82, 2.24) is 15.0 Å². The molecule has 0 radical (unpaired) electrons. The normalized spacial score (nSPS) is 13.9. The van der Waals surface area contributed by atoms with E-state index in [9.17, 15) is 5.11 Å². The van der Waals surface area contributed by atoms with Crippen LogP contribution in [0.2, 0.25) is 0 Å². The molecule has 0 fully saturated rings. The Morgan fingerprint density at radius 3 is 2.58 bits per heavy atom. The lowest BCUT2D eigenvalue weighted by molar-refractivity contribution is 0.00302. The van der Waals surface area contributed by atoms with Crippen LogP contribution in [-0.4, -0.2) is 33.3 Å². The molecule has 0 aliphatic heterocycles. The van der Waals surface area contributed by atoms with Crippen molar-refractivity contribution in [2.45, 2.75) is 26.0 Å². The molecular weight excluding hydrogens is 302 g/mol. The van der Waals surface area contributed by atoms with Crippen molar-refractivity contribution in [3.8, 4) is 0 Å². The van der Waals surface area contributed by atoms with Gasteiger partial charge in [0.1, 0.15) is 5.52 Å². The highest BCUT2D eigenvalue weighted by Crippen LogP contribution is 2.30. The molecular formula is C19H23N3O2. The number of nitrogens with zero attached hydrogens (tertiary/aromatic N) is 3. The molecule has 1 heterocycles. The van der Waals surface area contributed by atoms with Gasteiger partial charge in [0.2, 0.25) is 0 Å². The maximum absolute atomic E-state index is 9.54. The molecule has 0 unspecified atom stereocenters. The van der Waals surface area contributed by atoms with Gasteiger partial charge in [-0.1, -0.05) is 47.7 Å². The third kappa shape index (κ3) is 3.63. The first-order valence-electron chi connectivity index (χ1n) is 8.39. The first-order chi connectivity index (χ1) is 11.8. The van der Waals surface area contributed by atoms with Crippen molar-refractivity contribution >= 4 is 11.0 Å². The van der Waals surface area contributed by atoms with Crippen molar-refractivity contribution in [1.29, 1.82) is 0 Å². The van der Waals surface area contributed by atoms with Crippen molar-refractivity contribution in [2.75, 3.05) is 13.2 Å². The summed E-state index contributed by atoms with van der Waals surface area (Å²) in [6, 6.07) is 18.1. The highest BCUT2D eigenvalue weighted by molar-refractivity contribution is 5.73. The Morgan fingerprint density at radius 1 is 1.08 bits per heavy atom. The molecule has 1 aromatic heterocycles. The molecule has 0 aliphatic carbocycles. The van der Waals surface area contributed by atoms with Crippen LogP contribution in [0.4, 0.5) is 0 Å². The van der Waals surface area contributed by atoms with Gasteiger partial charge < -0.3 is 9.84 Å². The molecule has 5 nitrogen and oxygen atoms in total. The van der Waals surface area contributed by atoms with Gasteiger partial charge in [-0.2, -0.15) is 0 Å². The van der Waals surface area contributed by atoms with Gasteiger partial charge in [0.05, 0.1) is 11.6 Å². The molecule has 2 atom stereocenters. The summed E-state index contributed by atoms with van der Waals surface area (Å²) in [7, 11) is 0. The van der Waals surface area contributed by atoms with E-state index in [-0.39, 0.29) is 18.6 Å². The lowest BCUT2D eigenvalue weighted by atomic mass is 9.92. The zero-order valence-electron chi connectivity index (χ0n) is 13.9. The summed E-state index contributed by atoms with van der Waals surface area (Å²) in [5.41, 5.74) is 3.01. The van der Waals surface area contributed by atoms with E-state index in [1.807, 2.05) is 54.1 Å². The summed E-state index contributed by atoms with van der Waals surface area (Å²) in [6.07, 6.45) is 0.569. The van der Waals surface area contributed by atoms with E-state index in [1.165, 1.54) is 0 Å². The number of rotatable bonds is 8. The third-order valence-electron chi connectivity index (χ3n) is 4.23. The predicted octanol–water partition coefficient (Wildman–Crippen LogP) is 3.21. The Hall–Kier alpha value is -2.24. The summed E-state index contributed by atoms with van der Waals surface area (Å²) in [5.74, 6) is 0.113. The molecule has 2 aromatic carbocycles. The van der Waals surface area contributed by atoms with Crippen LogP contribution >= 0.6 is 0 Å². The van der Waals surface area contributed by atoms with Crippen molar-refractivity contribution < 1.29 is 9.84 Å². The molecule has 5 heteroatoms. The topological polar surface area (TPSA) is 60.2 Å². The smallest absolute Gasteiger partial charge is 0.113 e. The highest BCUT2D eigenvalue weighted by atomic mass is 16.5. The van der Waals surface area contributed by atoms with Crippen LogP contribution in [0.1, 0.15) is 25.0 Å². The van der Waals surface area contributed by atoms with E-state index in [4.69, 9.17) is 4.74 Å². The molecule has 0 amide bonds. The van der Waals surface area contributed by atoms with Gasteiger partial charge >= 0.3 is 0 Å². The van der Waals surface area contributed by atoms with Gasteiger partial charge in [0.15, 0.2) is 0 Å². The van der Waals surface area contributed by atoms with E-state index in [1.54, 1.807) is 0 Å². The molecule has 3 rings (SSSR count). The predicted molar refractivity (Wildman–Crippen MR) is 93.5 cm³/mol. The number of aliphatic hydroxyl groups is 1. The average Bonchev–Trinajstić information content (AvgIpc) is 3.03. The minimum absolute atomic E-state index is 0.0775. The maximum atomic E-state index is 9.54. The van der Waals surface area contributed by atoms with Gasteiger partial charge in [-0.25, -0.2) is 4.68 Å². The van der Waals surface area contributed by atoms with E-state index < -0.39 is 0 Å². The van der Waals surface area contributed by atoms with Crippen LogP contribution in [0.15, 0.2) is 54.6 Å². The Balaban J connectivity index is 1.89. The fourth-order valence-corrected chi connectivity index (χ4v) is 3.11. The Morgan fingerprint density at radius 2 is 1.83 bits per heavy atom. The van der Waals surface area contributed by atoms with Crippen LogP contribution in [0.25, 0.3) is 11.0 Å². The molecule has 0 saturated heterocycles. The largest absolute Gasteiger partial charge is 0.396 e. The second-order valence-corrected chi connectivity index (χ2v) is 5.82. The monoisotopic (exact) mass is 325 g/mol. The van der Waals surface area contributed by atoms with Gasteiger partial charge in [0, 0.05) is 25.7 Å². The van der Waals surface area contributed by atoms with Crippen LogP contribution in [0.5, 0.6) is 0 Å². The molecule has 0 spiro atoms. The summed E-state index contributed by atoms with van der Waals surface area (Å²) in [5, 5.41) is 18.0. The summed E-state index contributed by atoms with van der Waals surface area (Å²) < 4.78 is 7.94. The van der Waals surface area contributed by atoms with Crippen molar-refractivity contribution in [3.05, 3.63) is 60.2 Å². The van der Waals surface area contributed by atoms with Crippen molar-refractivity contribution in [3.63, 3.8) is 0 Å². The summed E-state index contributed by atoms with van der Waals surface area (Å²) in [6.45, 7) is 3.39. The Bertz CT molecular complexity index is 757. The lowest BCUT2D eigenvalue weighted by Crippen LogP contribution is -2.23. The Labute approximate surface area is 141 Å². The van der Waals surface area contributed by atoms with Gasteiger partial charge in [-0.05, 0) is 31.0 Å². The van der Waals surface area contributed by atoms with Gasteiger partial charge in [0.25, 0.3) is 0 Å². The van der Waals surface area contributed by atoms with Crippen LogP contribution < -0.4 is 0 Å². The van der Waals surface area contributed by atoms with Crippen LogP contribution in [-0.2, 0) is 11.3 Å². The standard InChI is InChI=1S/C19H23N3O2/c1-2-24-19(15-8-4-3-5-9-15)16(12-13-23)14-22-18-11-7-6-10-17(18)20-21-22/h3-11,16,19,23H,2,12-14H2,1H3/t16-,19+/m1/s1. The van der Waals surface area contributed by atoms with E-state index in [0.29, 0.717) is 19.6 Å². The molecule has 3 aromatic rings. The third-order valence-corrected chi connectivity index (χ3v) is 4.23. The van der Waals surface area contributed by atoms with E-state index in [0.717, 1.165) is 16.6 Å². The SMILES string of the molecule is CCO[C@@H](c1ccccc1)[C@H](CCO)Cn1nnc2ccccc21. The molecule has 126 valence electrons. The Kier molecular flexibility index (Phi) is 5.56. The quantitative estimate of drug-likeness (QED) is 0.691. The number of para-hydroxylation sites is 1. The second kappa shape index (κ2) is 8.04. The number of benzene rings is 2. The van der Waals surface area contributed by atoms with E-state index in [2.05, 4.69) is 22.4 Å². The molecule has 24 heavy (non-hydrogen) atoms. The van der Waals surface area contributed by atoms with Crippen LogP contribution in [0, 0.1) is 5.92 Å². The van der Waals surface area contributed by atoms with Gasteiger partial charge in [-0.15, -0.1) is 5.10 Å². The lowest BCUT2D eigenvalue weighted by Gasteiger charge is -2.27. The average molecular weight is 325 g/mol. The second-order valence-electron chi connectivity index (χ2n) is 5.82. The summed E-state index contributed by atoms with van der Waals surface area (Å²) >= 11 is 0. The molecule has 0 bridgehead atoms. The number of hydrogen-bond acceptors (Lipinski definition) is 4. The van der Waals surface area contributed by atoms with Crippen molar-refractivity contribution in [2.24, 2.45) is 5.92 Å². The fraction of sp³-hybridized carbons (Fsp3) is 0.368. The zero-order valence-corrected chi connectivity index (χ0v) is 13.9. The van der Waals surface area contributed by atoms with E-state index >= 15 is 0 Å². The maximum Gasteiger partial charge on any atom is 0.113 e. The number of fused-ring (bicyclic) bond motifs is 1. The number of aromatic nitrogens is 3. The van der Waals surface area contributed by atoms with Crippen LogP contribution in [0.3, 0.4) is 0 Å². The molecule has 0 aliphatic rings. The number of ether oxygens (including phenoxy) is 1. The fourth-order valence-electron chi connectivity index (χ4n) is 3.11. The summed E-state index contributed by atoms with van der Waals surface area (Å²) in [4.78, 5) is 0. The zero-order chi connectivity index (χ0) is 16.8. The first kappa shape index (κ1) is 16.6. The molecule has 0 saturated carbocycles. The number of hydrogen-bond donors (Lipinski definition) is 1. The number of aliphatic hydroxyl groups excluding tert-OH is 1. The minimum Gasteiger partial charge on any atom is -0.396 e.